The Hall–Kier alpha value is -4.42. The van der Waals surface area contributed by atoms with Crippen molar-refractivity contribution in [1.82, 2.24) is 0 Å². The van der Waals surface area contributed by atoms with E-state index in [1.165, 1.54) is 86.9 Å². The van der Waals surface area contributed by atoms with Gasteiger partial charge in [-0.05, 0) is 122 Å². The molecule has 0 bridgehead atoms. The number of hydrogen-bond acceptors (Lipinski definition) is 0. The molecule has 0 spiro atoms. The molecule has 0 amide bonds. The van der Waals surface area contributed by atoms with Crippen LogP contribution in [-0.4, -0.2) is 0 Å². The quantitative estimate of drug-likeness (QED) is 0.143. The van der Waals surface area contributed by atoms with Gasteiger partial charge in [-0.1, -0.05) is 126 Å². The van der Waals surface area contributed by atoms with E-state index >= 15 is 0 Å². The summed E-state index contributed by atoms with van der Waals surface area (Å²) in [6.07, 6.45) is 0. The molecule has 0 heterocycles. The zero-order valence-electron chi connectivity index (χ0n) is 25.4. The number of benzene rings is 8. The summed E-state index contributed by atoms with van der Waals surface area (Å²) >= 11 is 0. The first-order valence-electron chi connectivity index (χ1n) is 15.2. The predicted octanol–water partition coefficient (Wildman–Crippen LogP) is 12.3. The van der Waals surface area contributed by atoms with Crippen molar-refractivity contribution < 1.29 is 0 Å². The van der Waals surface area contributed by atoms with E-state index in [1.54, 1.807) is 0 Å². The van der Waals surface area contributed by atoms with Crippen molar-refractivity contribution >= 4 is 64.6 Å². The fraction of sp³-hybridized carbons (Fsp3) is 0.190. The summed E-state index contributed by atoms with van der Waals surface area (Å²) in [7, 11) is 0. The van der Waals surface area contributed by atoms with Gasteiger partial charge in [-0.25, -0.2) is 0 Å². The summed E-state index contributed by atoms with van der Waals surface area (Å²) in [5.41, 5.74) is 5.49. The van der Waals surface area contributed by atoms with Gasteiger partial charge in [-0.15, -0.1) is 0 Å². The highest BCUT2D eigenvalue weighted by atomic mass is 14.3. The van der Waals surface area contributed by atoms with Crippen LogP contribution in [0.25, 0.3) is 75.8 Å². The van der Waals surface area contributed by atoms with Crippen molar-refractivity contribution in [3.8, 4) is 11.1 Å². The lowest BCUT2D eigenvalue weighted by molar-refractivity contribution is 0.590. The van der Waals surface area contributed by atoms with E-state index in [1.807, 2.05) is 0 Å². The van der Waals surface area contributed by atoms with Gasteiger partial charge in [0, 0.05) is 0 Å². The second-order valence-corrected chi connectivity index (χ2v) is 14.3. The van der Waals surface area contributed by atoms with Gasteiger partial charge in [0.05, 0.1) is 0 Å². The third-order valence-electron chi connectivity index (χ3n) is 9.44. The fourth-order valence-corrected chi connectivity index (χ4v) is 7.10. The Bertz CT molecular complexity index is 2280. The molecule has 0 radical (unpaired) electrons. The molecule has 0 aromatic heterocycles. The van der Waals surface area contributed by atoms with Gasteiger partial charge < -0.3 is 0 Å². The van der Waals surface area contributed by atoms with Crippen LogP contribution >= 0.6 is 0 Å². The van der Waals surface area contributed by atoms with E-state index in [4.69, 9.17) is 0 Å². The van der Waals surface area contributed by atoms with Gasteiger partial charge in [-0.3, -0.25) is 0 Å². The number of fused-ring (bicyclic) bond motifs is 4. The minimum absolute atomic E-state index is 0.0599. The topological polar surface area (TPSA) is 0 Å². The van der Waals surface area contributed by atoms with Crippen LogP contribution < -0.4 is 0 Å². The summed E-state index contributed by atoms with van der Waals surface area (Å²) in [5, 5.41) is 16.0. The molecular formula is C42H36. The van der Waals surface area contributed by atoms with Crippen LogP contribution in [0, 0.1) is 0 Å². The van der Waals surface area contributed by atoms with Crippen molar-refractivity contribution in [1.29, 1.82) is 0 Å². The zero-order valence-corrected chi connectivity index (χ0v) is 25.4. The van der Waals surface area contributed by atoms with Gasteiger partial charge in [0.2, 0.25) is 0 Å². The lowest BCUT2D eigenvalue weighted by Gasteiger charge is -2.25. The average molecular weight is 541 g/mol. The molecule has 0 aliphatic carbocycles. The largest absolute Gasteiger partial charge is 0.0616 e. The van der Waals surface area contributed by atoms with Crippen molar-refractivity contribution in [2.24, 2.45) is 0 Å². The average Bonchev–Trinajstić information content (AvgIpc) is 2.96. The van der Waals surface area contributed by atoms with E-state index in [0.29, 0.717) is 0 Å². The summed E-state index contributed by atoms with van der Waals surface area (Å²) < 4.78 is 0. The van der Waals surface area contributed by atoms with Gasteiger partial charge >= 0.3 is 0 Å². The van der Waals surface area contributed by atoms with Gasteiger partial charge in [0.1, 0.15) is 0 Å². The smallest absolute Gasteiger partial charge is 0.00201 e. The van der Waals surface area contributed by atoms with Crippen LogP contribution in [0.5, 0.6) is 0 Å². The van der Waals surface area contributed by atoms with Crippen LogP contribution in [0.3, 0.4) is 0 Å². The molecule has 0 saturated heterocycles. The Balaban J connectivity index is 1.54. The second kappa shape index (κ2) is 8.55. The summed E-state index contributed by atoms with van der Waals surface area (Å²) in [6.45, 7) is 14.0. The summed E-state index contributed by atoms with van der Waals surface area (Å²) in [5.74, 6) is 0. The molecule has 0 unspecified atom stereocenters. The van der Waals surface area contributed by atoms with Gasteiger partial charge in [-0.2, -0.15) is 0 Å². The first-order chi connectivity index (χ1) is 20.1. The fourth-order valence-electron chi connectivity index (χ4n) is 7.10. The molecule has 0 saturated carbocycles. The zero-order chi connectivity index (χ0) is 29.0. The molecular weight excluding hydrogens is 504 g/mol. The van der Waals surface area contributed by atoms with E-state index in [2.05, 4.69) is 151 Å². The Morgan fingerprint density at radius 2 is 0.881 bits per heavy atom. The van der Waals surface area contributed by atoms with Crippen LogP contribution in [0.15, 0.2) is 109 Å². The normalized spacial score (nSPS) is 13.0. The van der Waals surface area contributed by atoms with Gasteiger partial charge in [0.15, 0.2) is 0 Å². The highest BCUT2D eigenvalue weighted by Crippen LogP contribution is 2.46. The molecule has 0 atom stereocenters. The summed E-state index contributed by atoms with van der Waals surface area (Å²) in [6, 6.07) is 41.7. The van der Waals surface area contributed by atoms with Crippen LogP contribution in [0.1, 0.15) is 52.7 Å². The first kappa shape index (κ1) is 25.3. The van der Waals surface area contributed by atoms with Crippen molar-refractivity contribution in [2.75, 3.05) is 0 Å². The minimum Gasteiger partial charge on any atom is -0.0616 e. The van der Waals surface area contributed by atoms with Crippen LogP contribution in [0.4, 0.5) is 0 Å². The van der Waals surface area contributed by atoms with Crippen molar-refractivity contribution in [3.05, 3.63) is 120 Å². The molecule has 0 heteroatoms. The molecule has 8 aromatic rings. The SMILES string of the molecule is CC(C)(C)c1cc2cc(C(C)(C)C)cc3c4ccc(-c5cccc6cc7ccccc7cc56)c5cccc(c(c1)c23)c54. The molecule has 0 aliphatic rings. The lowest BCUT2D eigenvalue weighted by Crippen LogP contribution is -2.12. The van der Waals surface area contributed by atoms with E-state index in [9.17, 15) is 0 Å². The molecule has 8 rings (SSSR count). The Morgan fingerprint density at radius 1 is 0.333 bits per heavy atom. The maximum atomic E-state index is 2.47. The maximum absolute atomic E-state index is 2.47. The van der Waals surface area contributed by atoms with Gasteiger partial charge in [0.25, 0.3) is 0 Å². The monoisotopic (exact) mass is 540 g/mol. The number of rotatable bonds is 1. The highest BCUT2D eigenvalue weighted by Gasteiger charge is 2.23. The highest BCUT2D eigenvalue weighted by molar-refractivity contribution is 6.34. The molecule has 204 valence electrons. The van der Waals surface area contributed by atoms with Crippen LogP contribution in [0.2, 0.25) is 0 Å². The van der Waals surface area contributed by atoms with Crippen molar-refractivity contribution in [3.63, 3.8) is 0 Å². The van der Waals surface area contributed by atoms with E-state index in [-0.39, 0.29) is 10.8 Å². The third kappa shape index (κ3) is 3.68. The molecule has 0 N–H and O–H groups in total. The molecule has 0 fully saturated rings. The van der Waals surface area contributed by atoms with E-state index in [0.717, 1.165) is 0 Å². The Labute approximate surface area is 247 Å². The summed E-state index contributed by atoms with van der Waals surface area (Å²) in [4.78, 5) is 0. The standard InChI is InChI=1S/C42H36/c1-41(2,3)29-20-28-21-30(42(4,5)6)24-38-35-18-17-32(33-15-10-16-34(40(33)35)37(23-29)39(28)38)31-14-9-13-27-19-25-11-7-8-12-26(25)22-36(27)31/h7-24H,1-6H3. The molecule has 8 aromatic carbocycles. The minimum atomic E-state index is 0.0599. The Kier molecular flexibility index (Phi) is 5.15. The van der Waals surface area contributed by atoms with E-state index < -0.39 is 0 Å². The predicted molar refractivity (Wildman–Crippen MR) is 185 cm³/mol. The molecule has 0 aliphatic heterocycles. The number of hydrogen-bond donors (Lipinski definition) is 0. The Morgan fingerprint density at radius 3 is 1.55 bits per heavy atom. The second-order valence-electron chi connectivity index (χ2n) is 14.3. The molecule has 0 nitrogen and oxygen atoms in total. The van der Waals surface area contributed by atoms with Crippen molar-refractivity contribution in [2.45, 2.75) is 52.4 Å². The third-order valence-corrected chi connectivity index (χ3v) is 9.44. The first-order valence-corrected chi connectivity index (χ1v) is 15.2. The maximum Gasteiger partial charge on any atom is -0.00201 e. The molecule has 42 heavy (non-hydrogen) atoms. The van der Waals surface area contributed by atoms with Crippen LogP contribution in [-0.2, 0) is 10.8 Å². The lowest BCUT2D eigenvalue weighted by atomic mass is 9.78.